The number of hydrogen-bond donors (Lipinski definition) is 0. The lowest BCUT2D eigenvalue weighted by atomic mass is 9.76. The summed E-state index contributed by atoms with van der Waals surface area (Å²) in [6.45, 7) is 2.22. The quantitative estimate of drug-likeness (QED) is 0.536. The zero-order valence-corrected chi connectivity index (χ0v) is 8.56. The van der Waals surface area contributed by atoms with Crippen LogP contribution in [-0.2, 0) is 9.59 Å². The second-order valence-electron chi connectivity index (χ2n) is 5.16. The number of nitrogens with zero attached hydrogens (tertiary/aromatic N) is 1. The summed E-state index contributed by atoms with van der Waals surface area (Å²) >= 11 is 0. The van der Waals surface area contributed by atoms with E-state index in [1.807, 2.05) is 0 Å². The molecule has 1 unspecified atom stereocenters. The molecule has 3 nitrogen and oxygen atoms in total. The number of rotatable bonds is 0. The van der Waals surface area contributed by atoms with Gasteiger partial charge in [0.1, 0.15) is 0 Å². The summed E-state index contributed by atoms with van der Waals surface area (Å²) in [5.74, 6) is 1.89. The first-order valence-electron chi connectivity index (χ1n) is 5.42. The Balaban J connectivity index is 2.01. The molecular formula is C11H15NO2. The molecule has 2 bridgehead atoms. The van der Waals surface area contributed by atoms with E-state index in [-0.39, 0.29) is 23.7 Å². The van der Waals surface area contributed by atoms with Crippen molar-refractivity contribution in [3.05, 3.63) is 0 Å². The molecule has 0 aromatic carbocycles. The van der Waals surface area contributed by atoms with Crippen LogP contribution in [0.25, 0.3) is 0 Å². The minimum atomic E-state index is 0.0428. The lowest BCUT2D eigenvalue weighted by Gasteiger charge is -2.25. The second kappa shape index (κ2) is 2.38. The van der Waals surface area contributed by atoms with Crippen molar-refractivity contribution in [3.63, 3.8) is 0 Å². The van der Waals surface area contributed by atoms with Crippen LogP contribution in [0.2, 0.25) is 0 Å². The summed E-state index contributed by atoms with van der Waals surface area (Å²) in [4.78, 5) is 25.0. The van der Waals surface area contributed by atoms with Gasteiger partial charge in [0.2, 0.25) is 11.8 Å². The number of amides is 2. The normalized spacial score (nSPS) is 50.4. The molecule has 0 spiro atoms. The Kier molecular flexibility index (Phi) is 1.44. The summed E-state index contributed by atoms with van der Waals surface area (Å²) in [5.41, 5.74) is 0. The minimum absolute atomic E-state index is 0.0428. The van der Waals surface area contributed by atoms with Gasteiger partial charge in [0.15, 0.2) is 0 Å². The van der Waals surface area contributed by atoms with Crippen LogP contribution in [0.3, 0.4) is 0 Å². The van der Waals surface area contributed by atoms with Crippen molar-refractivity contribution in [1.82, 2.24) is 4.90 Å². The molecule has 2 aliphatic carbocycles. The van der Waals surface area contributed by atoms with Crippen LogP contribution < -0.4 is 0 Å². The van der Waals surface area contributed by atoms with E-state index >= 15 is 0 Å². The molecule has 3 fully saturated rings. The molecule has 0 aromatic rings. The van der Waals surface area contributed by atoms with Crippen LogP contribution in [0.4, 0.5) is 0 Å². The van der Waals surface area contributed by atoms with Crippen molar-refractivity contribution >= 4 is 11.8 Å². The lowest BCUT2D eigenvalue weighted by molar-refractivity contribution is -0.139. The number of imide groups is 1. The van der Waals surface area contributed by atoms with Crippen LogP contribution in [0.1, 0.15) is 19.8 Å². The summed E-state index contributed by atoms with van der Waals surface area (Å²) in [7, 11) is 1.63. The highest BCUT2D eigenvalue weighted by atomic mass is 16.2. The SMILES string of the molecule is CC1C[C@@H]2C[C@H]1[C@H]1C(=O)N(C)C(=O)[C@@H]21. The van der Waals surface area contributed by atoms with Gasteiger partial charge in [-0.05, 0) is 30.6 Å². The molecule has 2 amide bonds. The molecule has 0 N–H and O–H groups in total. The molecule has 1 heterocycles. The third kappa shape index (κ3) is 0.748. The Morgan fingerprint density at radius 3 is 2.50 bits per heavy atom. The van der Waals surface area contributed by atoms with Crippen LogP contribution >= 0.6 is 0 Å². The number of hydrogen-bond acceptors (Lipinski definition) is 2. The van der Waals surface area contributed by atoms with Crippen molar-refractivity contribution in [2.75, 3.05) is 7.05 Å². The highest BCUT2D eigenvalue weighted by Gasteiger charge is 2.61. The van der Waals surface area contributed by atoms with Gasteiger partial charge in [0, 0.05) is 7.05 Å². The molecular weight excluding hydrogens is 178 g/mol. The van der Waals surface area contributed by atoms with E-state index in [1.165, 1.54) is 4.90 Å². The van der Waals surface area contributed by atoms with E-state index in [4.69, 9.17) is 0 Å². The van der Waals surface area contributed by atoms with Crippen LogP contribution in [0.5, 0.6) is 0 Å². The average molecular weight is 193 g/mol. The van der Waals surface area contributed by atoms with Crippen LogP contribution in [0.15, 0.2) is 0 Å². The standard InChI is InChI=1S/C11H15NO2/c1-5-3-6-4-7(5)9-8(6)10(13)12(2)11(9)14/h5-9H,3-4H2,1-2H3/t5?,6-,7-,8+,9-/m1/s1. The largest absolute Gasteiger partial charge is 0.285 e. The Morgan fingerprint density at radius 1 is 1.14 bits per heavy atom. The Bertz CT molecular complexity index is 325. The average Bonchev–Trinajstić information content (AvgIpc) is 2.74. The maximum atomic E-state index is 11.8. The molecule has 1 saturated heterocycles. The molecule has 3 aliphatic rings. The highest BCUT2D eigenvalue weighted by Crippen LogP contribution is 2.58. The molecule has 3 rings (SSSR count). The number of carbonyl (C=O) groups excluding carboxylic acids is 2. The highest BCUT2D eigenvalue weighted by molar-refractivity contribution is 6.05. The van der Waals surface area contributed by atoms with Gasteiger partial charge in [-0.25, -0.2) is 0 Å². The Labute approximate surface area is 83.5 Å². The third-order valence-electron chi connectivity index (χ3n) is 4.57. The molecule has 3 heteroatoms. The van der Waals surface area contributed by atoms with E-state index < -0.39 is 0 Å². The van der Waals surface area contributed by atoms with Gasteiger partial charge in [0.05, 0.1) is 11.8 Å². The molecule has 0 radical (unpaired) electrons. The predicted molar refractivity (Wildman–Crippen MR) is 50.1 cm³/mol. The first-order valence-corrected chi connectivity index (χ1v) is 5.42. The van der Waals surface area contributed by atoms with Crippen molar-refractivity contribution in [2.24, 2.45) is 29.6 Å². The van der Waals surface area contributed by atoms with Crippen LogP contribution in [0, 0.1) is 29.6 Å². The smallest absolute Gasteiger partial charge is 0.233 e. The fourth-order valence-electron chi connectivity index (χ4n) is 3.93. The molecule has 1 aliphatic heterocycles. The molecule has 0 aromatic heterocycles. The number of fused-ring (bicyclic) bond motifs is 5. The van der Waals surface area contributed by atoms with Gasteiger partial charge in [-0.15, -0.1) is 0 Å². The lowest BCUT2D eigenvalue weighted by Crippen LogP contribution is -2.29. The summed E-state index contributed by atoms with van der Waals surface area (Å²) in [6.07, 6.45) is 2.26. The third-order valence-corrected chi connectivity index (χ3v) is 4.57. The zero-order valence-electron chi connectivity index (χ0n) is 8.56. The van der Waals surface area contributed by atoms with E-state index in [0.717, 1.165) is 12.8 Å². The maximum Gasteiger partial charge on any atom is 0.233 e. The van der Waals surface area contributed by atoms with Crippen molar-refractivity contribution in [1.29, 1.82) is 0 Å². The first kappa shape index (κ1) is 8.45. The van der Waals surface area contributed by atoms with Crippen LogP contribution in [-0.4, -0.2) is 23.8 Å². The predicted octanol–water partition coefficient (Wildman–Crippen LogP) is 0.893. The molecule has 2 saturated carbocycles. The first-order chi connectivity index (χ1) is 6.61. The van der Waals surface area contributed by atoms with Gasteiger partial charge in [-0.2, -0.15) is 0 Å². The zero-order chi connectivity index (χ0) is 10.0. The number of likely N-dealkylation sites (tertiary alicyclic amines) is 1. The Hall–Kier alpha value is -0.860. The van der Waals surface area contributed by atoms with E-state index in [0.29, 0.717) is 17.8 Å². The van der Waals surface area contributed by atoms with Gasteiger partial charge >= 0.3 is 0 Å². The summed E-state index contributed by atoms with van der Waals surface area (Å²) in [5, 5.41) is 0. The topological polar surface area (TPSA) is 37.4 Å². The fraction of sp³-hybridized carbons (Fsp3) is 0.818. The monoisotopic (exact) mass is 193 g/mol. The molecule has 5 atom stereocenters. The molecule has 76 valence electrons. The van der Waals surface area contributed by atoms with E-state index in [1.54, 1.807) is 7.05 Å². The molecule has 14 heavy (non-hydrogen) atoms. The minimum Gasteiger partial charge on any atom is -0.285 e. The van der Waals surface area contributed by atoms with E-state index in [9.17, 15) is 9.59 Å². The van der Waals surface area contributed by atoms with Gasteiger partial charge in [-0.3, -0.25) is 14.5 Å². The van der Waals surface area contributed by atoms with Gasteiger partial charge in [-0.1, -0.05) is 6.92 Å². The summed E-state index contributed by atoms with van der Waals surface area (Å²) in [6, 6.07) is 0. The Morgan fingerprint density at radius 2 is 1.79 bits per heavy atom. The fourth-order valence-corrected chi connectivity index (χ4v) is 3.93. The number of carbonyl (C=O) groups is 2. The van der Waals surface area contributed by atoms with Crippen molar-refractivity contribution < 1.29 is 9.59 Å². The van der Waals surface area contributed by atoms with Gasteiger partial charge < -0.3 is 0 Å². The van der Waals surface area contributed by atoms with Crippen molar-refractivity contribution in [3.8, 4) is 0 Å². The second-order valence-corrected chi connectivity index (χ2v) is 5.16. The van der Waals surface area contributed by atoms with Gasteiger partial charge in [0.25, 0.3) is 0 Å². The maximum absolute atomic E-state index is 11.8. The van der Waals surface area contributed by atoms with Crippen molar-refractivity contribution in [2.45, 2.75) is 19.8 Å². The summed E-state index contributed by atoms with van der Waals surface area (Å²) < 4.78 is 0. The van der Waals surface area contributed by atoms with E-state index in [2.05, 4.69) is 6.92 Å².